The van der Waals surface area contributed by atoms with Crippen LogP contribution in [0.25, 0.3) is 0 Å². The van der Waals surface area contributed by atoms with Gasteiger partial charge in [0.15, 0.2) is 0 Å². The molecule has 0 aromatic heterocycles. The van der Waals surface area contributed by atoms with Gasteiger partial charge in [0, 0.05) is 12.8 Å². The van der Waals surface area contributed by atoms with Crippen LogP contribution in [0.4, 0.5) is 0 Å². The minimum atomic E-state index is -1.06. The molecule has 3 rings (SSSR count). The third-order valence-corrected chi connectivity index (χ3v) is 9.39. The summed E-state index contributed by atoms with van der Waals surface area (Å²) in [5.74, 6) is -2.64. The standard InChI is InChI=1S/C45H61N3O8/c1-2-3-4-5-6-7-8-9-19-29-41(49)48-40(45(53)56-34-37-25-17-12-18-26-37)30-31-42(50)47-39(44(52)55-33-36-23-15-11-16-24-36)28-20-27-38(46)43(51)54-32-35-21-13-10-14-22-35/h10-18,21-26,38-40H,2-9,19-20,27-34,46H2,1H3,(H,47,50)(H,48,49)/t38?,39?,40-/m1/s1. The number of unbranched alkanes of at least 4 members (excludes halogenated alkanes) is 8. The molecule has 0 saturated heterocycles. The van der Waals surface area contributed by atoms with E-state index in [4.69, 9.17) is 19.9 Å². The van der Waals surface area contributed by atoms with Crippen LogP contribution in [0, 0.1) is 0 Å². The van der Waals surface area contributed by atoms with Crippen LogP contribution in [0.5, 0.6) is 0 Å². The molecule has 0 aliphatic heterocycles. The fourth-order valence-corrected chi connectivity index (χ4v) is 6.06. The molecule has 0 bridgehead atoms. The number of rotatable bonds is 28. The van der Waals surface area contributed by atoms with Gasteiger partial charge >= 0.3 is 17.9 Å². The first kappa shape index (κ1) is 45.4. The monoisotopic (exact) mass is 771 g/mol. The molecule has 0 saturated carbocycles. The number of benzene rings is 3. The second kappa shape index (κ2) is 27.5. The molecule has 0 radical (unpaired) electrons. The molecule has 56 heavy (non-hydrogen) atoms. The molecule has 0 aliphatic rings. The molecule has 2 unspecified atom stereocenters. The lowest BCUT2D eigenvalue weighted by atomic mass is 10.0. The van der Waals surface area contributed by atoms with E-state index in [-0.39, 0.29) is 57.8 Å². The summed E-state index contributed by atoms with van der Waals surface area (Å²) in [6, 6.07) is 24.6. The van der Waals surface area contributed by atoms with Crippen molar-refractivity contribution in [2.45, 2.75) is 141 Å². The molecule has 3 aromatic rings. The SMILES string of the molecule is CCCCCCCCCCCC(=O)N[C@H](CCC(=O)NC(CCCC(N)C(=O)OCc1ccccc1)C(=O)OCc1ccccc1)C(=O)OCc1ccccc1. The molecule has 0 spiro atoms. The zero-order chi connectivity index (χ0) is 40.2. The highest BCUT2D eigenvalue weighted by atomic mass is 16.5. The number of carbonyl (C=O) groups excluding carboxylic acids is 5. The number of nitrogens with one attached hydrogen (secondary N) is 2. The summed E-state index contributed by atoms with van der Waals surface area (Å²) < 4.78 is 16.4. The second-order valence-corrected chi connectivity index (χ2v) is 14.2. The Kier molecular flexibility index (Phi) is 22.3. The average molecular weight is 772 g/mol. The highest BCUT2D eigenvalue weighted by molar-refractivity contribution is 5.87. The zero-order valence-electron chi connectivity index (χ0n) is 33.0. The van der Waals surface area contributed by atoms with Crippen molar-refractivity contribution in [3.05, 3.63) is 108 Å². The number of nitrogens with two attached hydrogens (primary N) is 1. The molecule has 11 nitrogen and oxygen atoms in total. The smallest absolute Gasteiger partial charge is 0.328 e. The number of hydrogen-bond donors (Lipinski definition) is 3. The van der Waals surface area contributed by atoms with Crippen molar-refractivity contribution < 1.29 is 38.2 Å². The molecule has 0 aliphatic carbocycles. The summed E-state index contributed by atoms with van der Waals surface area (Å²) in [5, 5.41) is 5.53. The Morgan fingerprint density at radius 1 is 0.482 bits per heavy atom. The summed E-state index contributed by atoms with van der Waals surface area (Å²) >= 11 is 0. The second-order valence-electron chi connectivity index (χ2n) is 14.2. The van der Waals surface area contributed by atoms with Gasteiger partial charge in [-0.2, -0.15) is 0 Å². The van der Waals surface area contributed by atoms with Crippen LogP contribution in [0.1, 0.15) is 120 Å². The Labute approximate surface area is 332 Å². The number of amides is 2. The Bertz CT molecular complexity index is 1570. The molecule has 0 fully saturated rings. The van der Waals surface area contributed by atoms with E-state index in [1.54, 1.807) is 0 Å². The highest BCUT2D eigenvalue weighted by Gasteiger charge is 2.27. The van der Waals surface area contributed by atoms with Crippen LogP contribution in [-0.4, -0.2) is 47.8 Å². The van der Waals surface area contributed by atoms with Gasteiger partial charge in [0.05, 0.1) is 0 Å². The largest absolute Gasteiger partial charge is 0.460 e. The molecule has 4 N–H and O–H groups in total. The van der Waals surface area contributed by atoms with Gasteiger partial charge in [-0.3, -0.25) is 14.4 Å². The van der Waals surface area contributed by atoms with E-state index < -0.39 is 41.9 Å². The first-order valence-electron chi connectivity index (χ1n) is 20.2. The maximum absolute atomic E-state index is 13.3. The van der Waals surface area contributed by atoms with Crippen LogP contribution in [0.3, 0.4) is 0 Å². The summed E-state index contributed by atoms with van der Waals surface area (Å²) in [7, 11) is 0. The molecule has 304 valence electrons. The predicted octanol–water partition coefficient (Wildman–Crippen LogP) is 7.38. The van der Waals surface area contributed by atoms with E-state index in [0.717, 1.165) is 36.0 Å². The van der Waals surface area contributed by atoms with E-state index in [2.05, 4.69) is 17.6 Å². The van der Waals surface area contributed by atoms with Gasteiger partial charge < -0.3 is 30.6 Å². The summed E-state index contributed by atoms with van der Waals surface area (Å²) in [6.45, 7) is 2.33. The summed E-state index contributed by atoms with van der Waals surface area (Å²) in [6.07, 6.45) is 10.8. The van der Waals surface area contributed by atoms with E-state index in [1.165, 1.54) is 32.1 Å². The van der Waals surface area contributed by atoms with Crippen molar-refractivity contribution in [1.29, 1.82) is 0 Å². The lowest BCUT2D eigenvalue weighted by molar-refractivity contribution is -0.150. The number of hydrogen-bond acceptors (Lipinski definition) is 9. The average Bonchev–Trinajstić information content (AvgIpc) is 3.22. The molecule has 2 amide bonds. The van der Waals surface area contributed by atoms with E-state index in [1.807, 2.05) is 91.0 Å². The van der Waals surface area contributed by atoms with Gasteiger partial charge in [-0.05, 0) is 48.8 Å². The Morgan fingerprint density at radius 2 is 0.875 bits per heavy atom. The number of ether oxygens (including phenoxy) is 3. The van der Waals surface area contributed by atoms with Gasteiger partial charge in [-0.15, -0.1) is 0 Å². The Balaban J connectivity index is 1.55. The minimum Gasteiger partial charge on any atom is -0.460 e. The maximum Gasteiger partial charge on any atom is 0.328 e. The molecule has 3 atom stereocenters. The number of carbonyl (C=O) groups is 5. The van der Waals surface area contributed by atoms with E-state index in [9.17, 15) is 24.0 Å². The van der Waals surface area contributed by atoms with E-state index in [0.29, 0.717) is 12.8 Å². The molecule has 3 aromatic carbocycles. The van der Waals surface area contributed by atoms with Crippen LogP contribution < -0.4 is 16.4 Å². The zero-order valence-corrected chi connectivity index (χ0v) is 33.0. The molecule has 11 heteroatoms. The normalized spacial score (nSPS) is 12.5. The van der Waals surface area contributed by atoms with Gasteiger partial charge in [-0.25, -0.2) is 9.59 Å². The van der Waals surface area contributed by atoms with Crippen molar-refractivity contribution in [1.82, 2.24) is 10.6 Å². The van der Waals surface area contributed by atoms with Crippen molar-refractivity contribution in [2.24, 2.45) is 5.73 Å². The Morgan fingerprint density at radius 3 is 1.34 bits per heavy atom. The quantitative estimate of drug-likeness (QED) is 0.0388. The van der Waals surface area contributed by atoms with Gasteiger partial charge in [0.25, 0.3) is 0 Å². The maximum atomic E-state index is 13.3. The summed E-state index contributed by atoms with van der Waals surface area (Å²) in [5.41, 5.74) is 8.51. The summed E-state index contributed by atoms with van der Waals surface area (Å²) in [4.78, 5) is 65.3. The third-order valence-electron chi connectivity index (χ3n) is 9.39. The minimum absolute atomic E-state index is 0.0116. The van der Waals surface area contributed by atoms with Gasteiger partial charge in [-0.1, -0.05) is 149 Å². The first-order chi connectivity index (χ1) is 27.2. The van der Waals surface area contributed by atoms with Crippen molar-refractivity contribution in [3.63, 3.8) is 0 Å². The first-order valence-corrected chi connectivity index (χ1v) is 20.2. The molecular weight excluding hydrogens is 711 g/mol. The van der Waals surface area contributed by atoms with Crippen LogP contribution in [-0.2, 0) is 58.0 Å². The third kappa shape index (κ3) is 19.5. The Hall–Kier alpha value is -5.03. The van der Waals surface area contributed by atoms with Crippen LogP contribution in [0.2, 0.25) is 0 Å². The lowest BCUT2D eigenvalue weighted by Gasteiger charge is -2.20. The van der Waals surface area contributed by atoms with Crippen molar-refractivity contribution >= 4 is 29.7 Å². The fourth-order valence-electron chi connectivity index (χ4n) is 6.06. The van der Waals surface area contributed by atoms with Crippen molar-refractivity contribution in [2.75, 3.05) is 0 Å². The van der Waals surface area contributed by atoms with Gasteiger partial charge in [0.2, 0.25) is 11.8 Å². The number of esters is 3. The highest BCUT2D eigenvalue weighted by Crippen LogP contribution is 2.13. The fraction of sp³-hybridized carbons (Fsp3) is 0.489. The predicted molar refractivity (Wildman–Crippen MR) is 215 cm³/mol. The van der Waals surface area contributed by atoms with E-state index >= 15 is 0 Å². The van der Waals surface area contributed by atoms with Crippen molar-refractivity contribution in [3.8, 4) is 0 Å². The molecule has 0 heterocycles. The van der Waals surface area contributed by atoms with Gasteiger partial charge in [0.1, 0.15) is 37.9 Å². The molecular formula is C45H61N3O8. The van der Waals surface area contributed by atoms with Crippen LogP contribution >= 0.6 is 0 Å². The van der Waals surface area contributed by atoms with Crippen LogP contribution in [0.15, 0.2) is 91.0 Å². The topological polar surface area (TPSA) is 163 Å². The lowest BCUT2D eigenvalue weighted by Crippen LogP contribution is -2.45.